The van der Waals surface area contributed by atoms with E-state index in [0.717, 1.165) is 46.4 Å². The van der Waals surface area contributed by atoms with Gasteiger partial charge in [0, 0.05) is 41.1 Å². The molecule has 1 atom stereocenters. The molecule has 0 radical (unpaired) electrons. The Morgan fingerprint density at radius 1 is 0.967 bits per heavy atom. The van der Waals surface area contributed by atoms with E-state index in [1.54, 1.807) is 12.4 Å². The van der Waals surface area contributed by atoms with Gasteiger partial charge in [0.05, 0.1) is 11.4 Å². The average molecular weight is 418 g/mol. The number of anilines is 3. The highest BCUT2D eigenvalue weighted by Crippen LogP contribution is 2.40. The summed E-state index contributed by atoms with van der Waals surface area (Å²) in [5.41, 5.74) is 10.7. The molecule has 7 nitrogen and oxygen atoms in total. The van der Waals surface area contributed by atoms with Gasteiger partial charge in [0.25, 0.3) is 0 Å². The Morgan fingerprint density at radius 2 is 1.70 bits per heavy atom. The molecule has 3 heterocycles. The Hall–Kier alpha value is -3.45. The number of hydrogen-bond donors (Lipinski definition) is 1. The second-order valence-corrected chi connectivity index (χ2v) is 7.90. The van der Waals surface area contributed by atoms with Gasteiger partial charge in [0.1, 0.15) is 11.6 Å². The summed E-state index contributed by atoms with van der Waals surface area (Å²) in [7, 11) is 0. The van der Waals surface area contributed by atoms with Gasteiger partial charge in [-0.1, -0.05) is 24.6 Å². The molecule has 2 aromatic heterocycles. The minimum Gasteiger partial charge on any atom is -0.368 e. The first kappa shape index (κ1) is 18.6. The molecule has 0 amide bonds. The van der Waals surface area contributed by atoms with Gasteiger partial charge in [-0.05, 0) is 48.9 Å². The standard InChI is InChI=1S/C22H20ClN7/c1-13-12-29(18-6-4-17(23)5-7-18)20-9-15(16-10-25-22(24)26-11-16)3-8-19(20)30-14(2)27-28-21(13)30/h3-11,13H,12H2,1-2H3,(H2,24,25,26). The fourth-order valence-electron chi connectivity index (χ4n) is 3.91. The number of nitrogens with two attached hydrogens (primary N) is 1. The summed E-state index contributed by atoms with van der Waals surface area (Å²) < 4.78 is 2.14. The van der Waals surface area contributed by atoms with Gasteiger partial charge in [0.2, 0.25) is 5.95 Å². The molecule has 1 aliphatic heterocycles. The Kier molecular flexibility index (Phi) is 4.40. The van der Waals surface area contributed by atoms with Crippen LogP contribution in [0.5, 0.6) is 0 Å². The summed E-state index contributed by atoms with van der Waals surface area (Å²) in [5.74, 6) is 2.25. The average Bonchev–Trinajstić information content (AvgIpc) is 3.08. The number of halogens is 1. The fourth-order valence-corrected chi connectivity index (χ4v) is 4.04. The highest BCUT2D eigenvalue weighted by Gasteiger charge is 2.28. The van der Waals surface area contributed by atoms with Crippen LogP contribution in [0.2, 0.25) is 5.02 Å². The van der Waals surface area contributed by atoms with Gasteiger partial charge >= 0.3 is 0 Å². The predicted octanol–water partition coefficient (Wildman–Crippen LogP) is 4.52. The van der Waals surface area contributed by atoms with Crippen LogP contribution in [-0.2, 0) is 0 Å². The van der Waals surface area contributed by atoms with Crippen molar-refractivity contribution >= 4 is 28.9 Å². The Bertz CT molecular complexity index is 1220. The zero-order valence-corrected chi connectivity index (χ0v) is 17.4. The Balaban J connectivity index is 1.73. The second kappa shape index (κ2) is 7.11. The first-order valence-electron chi connectivity index (χ1n) is 9.68. The van der Waals surface area contributed by atoms with Gasteiger partial charge in [-0.15, -0.1) is 10.2 Å². The molecular weight excluding hydrogens is 398 g/mol. The van der Waals surface area contributed by atoms with E-state index in [1.807, 2.05) is 31.2 Å². The van der Waals surface area contributed by atoms with E-state index in [2.05, 4.69) is 54.8 Å². The van der Waals surface area contributed by atoms with Crippen LogP contribution in [0.15, 0.2) is 54.9 Å². The summed E-state index contributed by atoms with van der Waals surface area (Å²) in [6, 6.07) is 14.2. The molecule has 30 heavy (non-hydrogen) atoms. The van der Waals surface area contributed by atoms with Crippen molar-refractivity contribution in [3.8, 4) is 16.8 Å². The molecule has 0 saturated heterocycles. The molecule has 1 unspecified atom stereocenters. The highest BCUT2D eigenvalue weighted by atomic mass is 35.5. The SMILES string of the molecule is Cc1nnc2n1-c1ccc(-c3cnc(N)nc3)cc1N(c1ccc(Cl)cc1)CC2C. The van der Waals surface area contributed by atoms with Gasteiger partial charge in [-0.3, -0.25) is 4.57 Å². The molecule has 0 saturated carbocycles. The minimum absolute atomic E-state index is 0.178. The number of aryl methyl sites for hydroxylation is 1. The summed E-state index contributed by atoms with van der Waals surface area (Å²) in [5, 5.41) is 9.50. The van der Waals surface area contributed by atoms with Crippen LogP contribution in [0.1, 0.15) is 24.5 Å². The maximum atomic E-state index is 6.14. The topological polar surface area (TPSA) is 85.8 Å². The molecule has 0 spiro atoms. The lowest BCUT2D eigenvalue weighted by atomic mass is 10.1. The quantitative estimate of drug-likeness (QED) is 0.516. The lowest BCUT2D eigenvalue weighted by molar-refractivity contribution is 0.696. The number of benzene rings is 2. The van der Waals surface area contributed by atoms with Crippen molar-refractivity contribution in [1.29, 1.82) is 0 Å². The molecule has 1 aliphatic rings. The molecular formula is C22H20ClN7. The van der Waals surface area contributed by atoms with Crippen molar-refractivity contribution in [2.45, 2.75) is 19.8 Å². The molecule has 150 valence electrons. The number of aromatic nitrogens is 5. The van der Waals surface area contributed by atoms with Crippen molar-refractivity contribution in [3.05, 3.63) is 71.5 Å². The van der Waals surface area contributed by atoms with Crippen LogP contribution in [-0.4, -0.2) is 31.3 Å². The monoisotopic (exact) mass is 417 g/mol. The minimum atomic E-state index is 0.178. The molecule has 2 N–H and O–H groups in total. The molecule has 0 aliphatic carbocycles. The number of hydrogen-bond acceptors (Lipinski definition) is 6. The maximum Gasteiger partial charge on any atom is 0.219 e. The molecule has 8 heteroatoms. The van der Waals surface area contributed by atoms with E-state index in [9.17, 15) is 0 Å². The highest BCUT2D eigenvalue weighted by molar-refractivity contribution is 6.30. The summed E-state index contributed by atoms with van der Waals surface area (Å²) in [6.45, 7) is 4.91. The fraction of sp³-hybridized carbons (Fsp3) is 0.182. The molecule has 5 rings (SSSR count). The van der Waals surface area contributed by atoms with E-state index >= 15 is 0 Å². The van der Waals surface area contributed by atoms with Gasteiger partial charge in [0.15, 0.2) is 0 Å². The number of fused-ring (bicyclic) bond motifs is 3. The predicted molar refractivity (Wildman–Crippen MR) is 118 cm³/mol. The number of nitrogen functional groups attached to an aromatic ring is 1. The van der Waals surface area contributed by atoms with E-state index in [1.165, 1.54) is 0 Å². The third-order valence-electron chi connectivity index (χ3n) is 5.40. The molecule has 0 bridgehead atoms. The zero-order valence-electron chi connectivity index (χ0n) is 16.6. The normalized spacial score (nSPS) is 15.4. The Morgan fingerprint density at radius 3 is 2.43 bits per heavy atom. The van der Waals surface area contributed by atoms with Crippen molar-refractivity contribution in [2.24, 2.45) is 0 Å². The summed E-state index contributed by atoms with van der Waals surface area (Å²) in [6.07, 6.45) is 3.48. The number of rotatable bonds is 2. The first-order valence-corrected chi connectivity index (χ1v) is 10.1. The molecule has 0 fully saturated rings. The second-order valence-electron chi connectivity index (χ2n) is 7.46. The van der Waals surface area contributed by atoms with Crippen molar-refractivity contribution < 1.29 is 0 Å². The van der Waals surface area contributed by atoms with E-state index in [0.29, 0.717) is 5.02 Å². The van der Waals surface area contributed by atoms with Crippen LogP contribution in [0.25, 0.3) is 16.8 Å². The van der Waals surface area contributed by atoms with E-state index in [4.69, 9.17) is 17.3 Å². The van der Waals surface area contributed by atoms with Crippen LogP contribution >= 0.6 is 11.6 Å². The van der Waals surface area contributed by atoms with Crippen LogP contribution in [0, 0.1) is 6.92 Å². The van der Waals surface area contributed by atoms with Crippen LogP contribution in [0.3, 0.4) is 0 Å². The lowest BCUT2D eigenvalue weighted by Crippen LogP contribution is -2.22. The Labute approximate surface area is 179 Å². The third-order valence-corrected chi connectivity index (χ3v) is 5.65. The number of nitrogens with zero attached hydrogens (tertiary/aromatic N) is 6. The van der Waals surface area contributed by atoms with Crippen LogP contribution < -0.4 is 10.6 Å². The smallest absolute Gasteiger partial charge is 0.219 e. The molecule has 4 aromatic rings. The van der Waals surface area contributed by atoms with E-state index in [-0.39, 0.29) is 11.9 Å². The third kappa shape index (κ3) is 3.07. The first-order chi connectivity index (χ1) is 14.5. The van der Waals surface area contributed by atoms with Crippen LogP contribution in [0.4, 0.5) is 17.3 Å². The van der Waals surface area contributed by atoms with Gasteiger partial charge in [-0.2, -0.15) is 0 Å². The van der Waals surface area contributed by atoms with Crippen molar-refractivity contribution in [1.82, 2.24) is 24.7 Å². The summed E-state index contributed by atoms with van der Waals surface area (Å²) >= 11 is 6.14. The van der Waals surface area contributed by atoms with Crippen molar-refractivity contribution in [2.75, 3.05) is 17.2 Å². The molecule has 2 aromatic carbocycles. The zero-order chi connectivity index (χ0) is 20.8. The lowest BCUT2D eigenvalue weighted by Gasteiger charge is -2.27. The maximum absolute atomic E-state index is 6.14. The van der Waals surface area contributed by atoms with Gasteiger partial charge in [-0.25, -0.2) is 9.97 Å². The van der Waals surface area contributed by atoms with Gasteiger partial charge < -0.3 is 10.6 Å². The van der Waals surface area contributed by atoms with E-state index < -0.39 is 0 Å². The summed E-state index contributed by atoms with van der Waals surface area (Å²) in [4.78, 5) is 10.6. The van der Waals surface area contributed by atoms with Crippen molar-refractivity contribution in [3.63, 3.8) is 0 Å². The largest absolute Gasteiger partial charge is 0.368 e.